The molecule has 3 heteroatoms. The number of hydrogen-bond acceptors (Lipinski definition) is 3. The zero-order valence-electron chi connectivity index (χ0n) is 19.2. The molecule has 0 fully saturated rings. The van der Waals surface area contributed by atoms with Crippen molar-refractivity contribution in [3.05, 3.63) is 121 Å². The van der Waals surface area contributed by atoms with E-state index in [4.69, 9.17) is 4.98 Å². The first kappa shape index (κ1) is 19.9. The van der Waals surface area contributed by atoms with Crippen LogP contribution in [0, 0.1) is 0 Å². The number of benzene rings is 4. The quantitative estimate of drug-likeness (QED) is 0.277. The second kappa shape index (κ2) is 8.07. The molecule has 5 aromatic rings. The van der Waals surface area contributed by atoms with Crippen molar-refractivity contribution >= 4 is 22.3 Å². The zero-order valence-corrected chi connectivity index (χ0v) is 19.2. The van der Waals surface area contributed by atoms with Crippen molar-refractivity contribution in [1.29, 1.82) is 0 Å². The van der Waals surface area contributed by atoms with E-state index in [1.54, 1.807) is 6.33 Å². The third-order valence-electron chi connectivity index (χ3n) is 6.93. The molecule has 0 amide bonds. The summed E-state index contributed by atoms with van der Waals surface area (Å²) in [4.78, 5) is 11.5. The summed E-state index contributed by atoms with van der Waals surface area (Å²) in [5.74, 6) is 0.938. The molecule has 166 valence electrons. The molecule has 0 atom stereocenters. The SMILES string of the molecule is C1=CC(N2c3ncncc3-c3cc(-c4cccc(-c5ccccc5)c4)cc4cccc2c34)=CCC1. The Hall–Kier alpha value is -4.50. The lowest BCUT2D eigenvalue weighted by Gasteiger charge is -2.33. The minimum atomic E-state index is 0.938. The van der Waals surface area contributed by atoms with E-state index in [1.807, 2.05) is 6.20 Å². The highest BCUT2D eigenvalue weighted by Gasteiger charge is 2.28. The summed E-state index contributed by atoms with van der Waals surface area (Å²) in [5, 5.41) is 2.47. The maximum atomic E-state index is 4.76. The molecule has 1 aliphatic heterocycles. The van der Waals surface area contributed by atoms with Crippen LogP contribution in [0.25, 0.3) is 44.2 Å². The number of rotatable bonds is 3. The zero-order chi connectivity index (χ0) is 23.2. The van der Waals surface area contributed by atoms with Gasteiger partial charge in [-0.2, -0.15) is 0 Å². The van der Waals surface area contributed by atoms with Crippen LogP contribution in [0.2, 0.25) is 0 Å². The molecule has 7 rings (SSSR count). The van der Waals surface area contributed by atoms with Crippen molar-refractivity contribution in [2.24, 2.45) is 0 Å². The largest absolute Gasteiger partial charge is 0.294 e. The third-order valence-corrected chi connectivity index (χ3v) is 6.93. The van der Waals surface area contributed by atoms with Crippen molar-refractivity contribution in [3.8, 4) is 33.4 Å². The van der Waals surface area contributed by atoms with Gasteiger partial charge in [0.05, 0.1) is 5.69 Å². The molecule has 35 heavy (non-hydrogen) atoms. The van der Waals surface area contributed by atoms with E-state index in [-0.39, 0.29) is 0 Å². The molecule has 4 aromatic carbocycles. The molecule has 0 saturated carbocycles. The van der Waals surface area contributed by atoms with Crippen LogP contribution in [0.1, 0.15) is 12.8 Å². The fourth-order valence-corrected chi connectivity index (χ4v) is 5.31. The summed E-state index contributed by atoms with van der Waals surface area (Å²) in [6.45, 7) is 0. The average Bonchev–Trinajstić information content (AvgIpc) is 2.94. The Balaban J connectivity index is 1.46. The molecule has 0 radical (unpaired) electrons. The number of nitrogens with zero attached hydrogens (tertiary/aromatic N) is 3. The Bertz CT molecular complexity index is 1650. The monoisotopic (exact) mass is 449 g/mol. The lowest BCUT2D eigenvalue weighted by molar-refractivity contribution is 0.986. The van der Waals surface area contributed by atoms with Gasteiger partial charge in [-0.05, 0) is 76.4 Å². The van der Waals surface area contributed by atoms with E-state index in [0.29, 0.717) is 0 Å². The van der Waals surface area contributed by atoms with Crippen LogP contribution < -0.4 is 4.90 Å². The number of anilines is 2. The predicted molar refractivity (Wildman–Crippen MR) is 144 cm³/mol. The summed E-state index contributed by atoms with van der Waals surface area (Å²) in [5.41, 5.74) is 9.44. The summed E-state index contributed by atoms with van der Waals surface area (Å²) in [6.07, 6.45) is 12.5. The van der Waals surface area contributed by atoms with Crippen LogP contribution in [-0.4, -0.2) is 9.97 Å². The second-order valence-electron chi connectivity index (χ2n) is 9.05. The van der Waals surface area contributed by atoms with Crippen molar-refractivity contribution in [1.82, 2.24) is 9.97 Å². The van der Waals surface area contributed by atoms with E-state index < -0.39 is 0 Å². The molecule has 1 aliphatic carbocycles. The molecule has 0 bridgehead atoms. The highest BCUT2D eigenvalue weighted by Crippen LogP contribution is 2.49. The molecule has 0 N–H and O–H groups in total. The number of allylic oxidation sites excluding steroid dienone is 3. The summed E-state index contributed by atoms with van der Waals surface area (Å²) >= 11 is 0. The Morgan fingerprint density at radius 2 is 1.51 bits per heavy atom. The van der Waals surface area contributed by atoms with E-state index in [9.17, 15) is 0 Å². The van der Waals surface area contributed by atoms with Gasteiger partial charge in [0.1, 0.15) is 12.1 Å². The minimum absolute atomic E-state index is 0.938. The Labute approximate surface area is 204 Å². The number of aromatic nitrogens is 2. The van der Waals surface area contributed by atoms with Crippen LogP contribution in [0.15, 0.2) is 121 Å². The Kier molecular flexibility index (Phi) is 4.59. The van der Waals surface area contributed by atoms with Gasteiger partial charge in [0.25, 0.3) is 0 Å². The van der Waals surface area contributed by atoms with Crippen LogP contribution in [0.5, 0.6) is 0 Å². The Morgan fingerprint density at radius 1 is 0.686 bits per heavy atom. The van der Waals surface area contributed by atoms with E-state index in [0.717, 1.165) is 24.2 Å². The van der Waals surface area contributed by atoms with Crippen LogP contribution in [0.4, 0.5) is 11.5 Å². The minimum Gasteiger partial charge on any atom is -0.294 e. The van der Waals surface area contributed by atoms with Crippen molar-refractivity contribution in [3.63, 3.8) is 0 Å². The van der Waals surface area contributed by atoms with Crippen LogP contribution in [0.3, 0.4) is 0 Å². The maximum absolute atomic E-state index is 4.76. The smallest absolute Gasteiger partial charge is 0.148 e. The highest BCUT2D eigenvalue weighted by molar-refractivity contribution is 6.13. The fourth-order valence-electron chi connectivity index (χ4n) is 5.31. The Morgan fingerprint density at radius 3 is 2.37 bits per heavy atom. The summed E-state index contributed by atoms with van der Waals surface area (Å²) < 4.78 is 0. The number of fused-ring (bicyclic) bond motifs is 2. The standard InChI is InChI=1S/C32H23N3/c1-3-9-22(10-4-1)23-11-7-12-24(17-23)26-18-25-13-8-16-30-31(25)28(19-26)29-20-33-21-34-32(29)35(30)27-14-5-2-6-15-27/h1,3-5,7-21H,2,6H2. The molecule has 3 nitrogen and oxygen atoms in total. The molecule has 2 aliphatic rings. The summed E-state index contributed by atoms with van der Waals surface area (Å²) in [7, 11) is 0. The van der Waals surface area contributed by atoms with Gasteiger partial charge in [-0.3, -0.25) is 4.90 Å². The van der Waals surface area contributed by atoms with Gasteiger partial charge in [-0.25, -0.2) is 9.97 Å². The van der Waals surface area contributed by atoms with Gasteiger partial charge in [0, 0.05) is 22.8 Å². The fraction of sp³-hybridized carbons (Fsp3) is 0.0625. The van der Waals surface area contributed by atoms with Gasteiger partial charge >= 0.3 is 0 Å². The van der Waals surface area contributed by atoms with E-state index in [2.05, 4.69) is 113 Å². The maximum Gasteiger partial charge on any atom is 0.148 e. The van der Waals surface area contributed by atoms with Crippen LogP contribution >= 0.6 is 0 Å². The van der Waals surface area contributed by atoms with Crippen molar-refractivity contribution in [2.75, 3.05) is 4.90 Å². The average molecular weight is 450 g/mol. The first-order chi connectivity index (χ1) is 17.4. The third kappa shape index (κ3) is 3.28. The molecule has 2 heterocycles. The van der Waals surface area contributed by atoms with Crippen LogP contribution in [-0.2, 0) is 0 Å². The molecule has 1 aromatic heterocycles. The van der Waals surface area contributed by atoms with Gasteiger partial charge in [0.15, 0.2) is 0 Å². The molecule has 0 saturated heterocycles. The van der Waals surface area contributed by atoms with Gasteiger partial charge in [0.2, 0.25) is 0 Å². The predicted octanol–water partition coefficient (Wildman–Crippen LogP) is 8.32. The normalized spacial score (nSPS) is 14.1. The van der Waals surface area contributed by atoms with Crippen molar-refractivity contribution < 1.29 is 0 Å². The van der Waals surface area contributed by atoms with E-state index in [1.165, 1.54) is 50.0 Å². The first-order valence-electron chi connectivity index (χ1n) is 12.1. The lowest BCUT2D eigenvalue weighted by Crippen LogP contribution is -2.21. The van der Waals surface area contributed by atoms with Gasteiger partial charge < -0.3 is 0 Å². The van der Waals surface area contributed by atoms with Gasteiger partial charge in [-0.1, -0.05) is 72.8 Å². The first-order valence-corrected chi connectivity index (χ1v) is 12.1. The molecule has 0 spiro atoms. The lowest BCUT2D eigenvalue weighted by atomic mass is 9.89. The molecular formula is C32H23N3. The molecular weight excluding hydrogens is 426 g/mol. The van der Waals surface area contributed by atoms with Gasteiger partial charge in [-0.15, -0.1) is 0 Å². The highest BCUT2D eigenvalue weighted by atomic mass is 15.2. The topological polar surface area (TPSA) is 29.0 Å². The van der Waals surface area contributed by atoms with E-state index >= 15 is 0 Å². The summed E-state index contributed by atoms with van der Waals surface area (Å²) in [6, 6.07) is 30.5. The van der Waals surface area contributed by atoms with Crippen molar-refractivity contribution in [2.45, 2.75) is 12.8 Å². The number of hydrogen-bond donors (Lipinski definition) is 0. The second-order valence-corrected chi connectivity index (χ2v) is 9.05. The molecule has 0 unspecified atom stereocenters.